The maximum atomic E-state index is 6.02. The summed E-state index contributed by atoms with van der Waals surface area (Å²) in [6.45, 7) is 2.55. The summed E-state index contributed by atoms with van der Waals surface area (Å²) >= 11 is 0. The van der Waals surface area contributed by atoms with E-state index in [9.17, 15) is 0 Å². The summed E-state index contributed by atoms with van der Waals surface area (Å²) in [4.78, 5) is 0. The fraction of sp³-hybridized carbons (Fsp3) is 0.0909. The van der Waals surface area contributed by atoms with Crippen molar-refractivity contribution in [2.45, 2.75) is 13.5 Å². The van der Waals surface area contributed by atoms with Gasteiger partial charge in [-0.15, -0.1) is 10.2 Å². The van der Waals surface area contributed by atoms with Gasteiger partial charge in [0.25, 0.3) is 5.89 Å². The SMILES string of the molecule is Cc1cccc(COc2ccccc2-c2nnc(-c3ccccc3)o2)c1. The van der Waals surface area contributed by atoms with Gasteiger partial charge in [-0.05, 0) is 36.8 Å². The summed E-state index contributed by atoms with van der Waals surface area (Å²) in [6, 6.07) is 25.7. The van der Waals surface area contributed by atoms with Crippen LogP contribution in [0.4, 0.5) is 0 Å². The van der Waals surface area contributed by atoms with Gasteiger partial charge in [-0.25, -0.2) is 0 Å². The fourth-order valence-corrected chi connectivity index (χ4v) is 2.76. The maximum absolute atomic E-state index is 6.02. The molecule has 0 aliphatic rings. The number of hydrogen-bond acceptors (Lipinski definition) is 4. The molecule has 4 nitrogen and oxygen atoms in total. The van der Waals surface area contributed by atoms with Crippen LogP contribution in [-0.2, 0) is 6.61 Å². The van der Waals surface area contributed by atoms with Gasteiger partial charge in [-0.2, -0.15) is 0 Å². The normalized spacial score (nSPS) is 10.7. The lowest BCUT2D eigenvalue weighted by Gasteiger charge is -2.09. The summed E-state index contributed by atoms with van der Waals surface area (Å²) < 4.78 is 11.9. The van der Waals surface area contributed by atoms with E-state index in [-0.39, 0.29) is 0 Å². The predicted molar refractivity (Wildman–Crippen MR) is 101 cm³/mol. The molecular formula is C22H18N2O2. The van der Waals surface area contributed by atoms with Gasteiger partial charge < -0.3 is 9.15 Å². The molecular weight excluding hydrogens is 324 g/mol. The Labute approximate surface area is 152 Å². The van der Waals surface area contributed by atoms with E-state index in [2.05, 4.69) is 35.3 Å². The van der Waals surface area contributed by atoms with E-state index in [1.54, 1.807) is 0 Å². The van der Waals surface area contributed by atoms with E-state index in [1.807, 2.05) is 60.7 Å². The second kappa shape index (κ2) is 7.23. The smallest absolute Gasteiger partial charge is 0.251 e. The molecule has 1 aromatic heterocycles. The lowest BCUT2D eigenvalue weighted by Crippen LogP contribution is -1.97. The topological polar surface area (TPSA) is 48.2 Å². The molecule has 0 radical (unpaired) electrons. The van der Waals surface area contributed by atoms with Gasteiger partial charge in [0.05, 0.1) is 5.56 Å². The van der Waals surface area contributed by atoms with Crippen LogP contribution in [0, 0.1) is 6.92 Å². The van der Waals surface area contributed by atoms with Crippen LogP contribution in [0.15, 0.2) is 83.3 Å². The Kier molecular flexibility index (Phi) is 4.48. The molecule has 1 heterocycles. The van der Waals surface area contributed by atoms with E-state index in [0.717, 1.165) is 22.4 Å². The van der Waals surface area contributed by atoms with Crippen LogP contribution in [-0.4, -0.2) is 10.2 Å². The van der Waals surface area contributed by atoms with Crippen molar-refractivity contribution in [2.24, 2.45) is 0 Å². The van der Waals surface area contributed by atoms with E-state index < -0.39 is 0 Å². The van der Waals surface area contributed by atoms with E-state index in [0.29, 0.717) is 18.4 Å². The molecule has 0 aliphatic carbocycles. The van der Waals surface area contributed by atoms with Crippen molar-refractivity contribution >= 4 is 0 Å². The zero-order chi connectivity index (χ0) is 17.8. The first-order chi connectivity index (χ1) is 12.8. The number of para-hydroxylation sites is 1. The third kappa shape index (κ3) is 3.49. The highest BCUT2D eigenvalue weighted by Gasteiger charge is 2.14. The molecule has 26 heavy (non-hydrogen) atoms. The molecule has 4 rings (SSSR count). The highest BCUT2D eigenvalue weighted by atomic mass is 16.5. The minimum Gasteiger partial charge on any atom is -0.488 e. The molecule has 0 bridgehead atoms. The Bertz CT molecular complexity index is 1010. The van der Waals surface area contributed by atoms with Crippen molar-refractivity contribution in [3.8, 4) is 28.7 Å². The summed E-state index contributed by atoms with van der Waals surface area (Å²) in [5, 5.41) is 8.36. The Morgan fingerprint density at radius 2 is 1.58 bits per heavy atom. The van der Waals surface area contributed by atoms with Crippen molar-refractivity contribution in [3.05, 3.63) is 90.0 Å². The van der Waals surface area contributed by atoms with Gasteiger partial charge >= 0.3 is 0 Å². The minimum absolute atomic E-state index is 0.448. The van der Waals surface area contributed by atoms with Crippen molar-refractivity contribution in [1.29, 1.82) is 0 Å². The molecule has 0 spiro atoms. The van der Waals surface area contributed by atoms with Gasteiger partial charge in [-0.1, -0.05) is 60.2 Å². The fourth-order valence-electron chi connectivity index (χ4n) is 2.76. The quantitative estimate of drug-likeness (QED) is 0.494. The molecule has 0 N–H and O–H groups in total. The lowest BCUT2D eigenvalue weighted by molar-refractivity contribution is 0.306. The van der Waals surface area contributed by atoms with Crippen LogP contribution < -0.4 is 4.74 Å². The van der Waals surface area contributed by atoms with Crippen LogP contribution in [0.5, 0.6) is 5.75 Å². The highest BCUT2D eigenvalue weighted by molar-refractivity contribution is 5.64. The van der Waals surface area contributed by atoms with Gasteiger partial charge in [0.2, 0.25) is 5.89 Å². The Hall–Kier alpha value is -3.40. The number of hydrogen-bond donors (Lipinski definition) is 0. The van der Waals surface area contributed by atoms with Gasteiger partial charge in [-0.3, -0.25) is 0 Å². The molecule has 0 saturated heterocycles. The first kappa shape index (κ1) is 16.1. The molecule has 0 saturated carbocycles. The third-order valence-electron chi connectivity index (χ3n) is 4.04. The summed E-state index contributed by atoms with van der Waals surface area (Å²) in [7, 11) is 0. The summed E-state index contributed by atoms with van der Waals surface area (Å²) in [6.07, 6.45) is 0. The molecule has 0 unspecified atom stereocenters. The first-order valence-corrected chi connectivity index (χ1v) is 8.46. The largest absolute Gasteiger partial charge is 0.488 e. The maximum Gasteiger partial charge on any atom is 0.251 e. The highest BCUT2D eigenvalue weighted by Crippen LogP contribution is 2.31. The Balaban J connectivity index is 1.59. The molecule has 0 amide bonds. The van der Waals surface area contributed by atoms with Crippen molar-refractivity contribution < 1.29 is 9.15 Å². The van der Waals surface area contributed by atoms with Crippen molar-refractivity contribution in [1.82, 2.24) is 10.2 Å². The second-order valence-corrected chi connectivity index (χ2v) is 6.05. The molecule has 4 aromatic rings. The minimum atomic E-state index is 0.448. The number of rotatable bonds is 5. The zero-order valence-corrected chi connectivity index (χ0v) is 14.4. The third-order valence-corrected chi connectivity index (χ3v) is 4.04. The Morgan fingerprint density at radius 3 is 2.42 bits per heavy atom. The zero-order valence-electron chi connectivity index (χ0n) is 14.4. The predicted octanol–water partition coefficient (Wildman–Crippen LogP) is 5.29. The van der Waals surface area contributed by atoms with Crippen LogP contribution in [0.3, 0.4) is 0 Å². The molecule has 4 heteroatoms. The molecule has 0 aliphatic heterocycles. The monoisotopic (exact) mass is 342 g/mol. The number of nitrogens with zero attached hydrogens (tertiary/aromatic N) is 2. The van der Waals surface area contributed by atoms with E-state index >= 15 is 0 Å². The molecule has 3 aromatic carbocycles. The number of aryl methyl sites for hydroxylation is 1. The average molecular weight is 342 g/mol. The standard InChI is InChI=1S/C22H18N2O2/c1-16-8-7-9-17(14-16)15-25-20-13-6-5-12-19(20)22-24-23-21(26-22)18-10-3-2-4-11-18/h2-14H,15H2,1H3. The molecule has 0 fully saturated rings. The lowest BCUT2D eigenvalue weighted by atomic mass is 10.1. The van der Waals surface area contributed by atoms with E-state index in [1.165, 1.54) is 5.56 Å². The van der Waals surface area contributed by atoms with Gasteiger partial charge in [0.15, 0.2) is 0 Å². The summed E-state index contributed by atoms with van der Waals surface area (Å²) in [5.41, 5.74) is 4.01. The van der Waals surface area contributed by atoms with Crippen molar-refractivity contribution in [3.63, 3.8) is 0 Å². The molecule has 0 atom stereocenters. The second-order valence-electron chi connectivity index (χ2n) is 6.05. The van der Waals surface area contributed by atoms with E-state index in [4.69, 9.17) is 9.15 Å². The van der Waals surface area contributed by atoms with Crippen LogP contribution >= 0.6 is 0 Å². The Morgan fingerprint density at radius 1 is 0.808 bits per heavy atom. The summed E-state index contributed by atoms with van der Waals surface area (Å²) in [5.74, 6) is 1.66. The first-order valence-electron chi connectivity index (χ1n) is 8.46. The van der Waals surface area contributed by atoms with Crippen molar-refractivity contribution in [2.75, 3.05) is 0 Å². The number of benzene rings is 3. The molecule has 128 valence electrons. The number of aromatic nitrogens is 2. The van der Waals surface area contributed by atoms with Crippen LogP contribution in [0.2, 0.25) is 0 Å². The van der Waals surface area contributed by atoms with Gasteiger partial charge in [0, 0.05) is 5.56 Å². The number of ether oxygens (including phenoxy) is 1. The van der Waals surface area contributed by atoms with Crippen LogP contribution in [0.25, 0.3) is 22.9 Å². The van der Waals surface area contributed by atoms with Gasteiger partial charge in [0.1, 0.15) is 12.4 Å². The van der Waals surface area contributed by atoms with Crippen LogP contribution in [0.1, 0.15) is 11.1 Å². The average Bonchev–Trinajstić information content (AvgIpc) is 3.17.